The lowest BCUT2D eigenvalue weighted by molar-refractivity contribution is 0.260. The van der Waals surface area contributed by atoms with E-state index in [4.69, 9.17) is 0 Å². The fourth-order valence-electron chi connectivity index (χ4n) is 1.72. The second-order valence-corrected chi connectivity index (χ2v) is 3.17. The van der Waals surface area contributed by atoms with Gasteiger partial charge in [-0.05, 0) is 18.6 Å². The Labute approximate surface area is 73.5 Å². The Morgan fingerprint density at radius 2 is 2.25 bits per heavy atom. The summed E-state index contributed by atoms with van der Waals surface area (Å²) in [5.74, 6) is 0. The van der Waals surface area contributed by atoms with E-state index in [2.05, 4.69) is 54.4 Å². The average molecular weight is 162 g/mol. The molecule has 0 aromatic carbocycles. The Hall–Kier alpha value is -1.18. The molecule has 1 atom stereocenters. The number of fused-ring (bicyclic) bond motifs is 1. The molecule has 2 rings (SSSR count). The van der Waals surface area contributed by atoms with Crippen LogP contribution >= 0.6 is 0 Å². The van der Waals surface area contributed by atoms with Gasteiger partial charge in [-0.1, -0.05) is 13.0 Å². The summed E-state index contributed by atoms with van der Waals surface area (Å²) in [5.41, 5.74) is 1.40. The molecule has 0 aromatic heterocycles. The van der Waals surface area contributed by atoms with Crippen molar-refractivity contribution in [2.24, 2.45) is 0 Å². The van der Waals surface area contributed by atoms with E-state index < -0.39 is 0 Å². The molecule has 0 amide bonds. The van der Waals surface area contributed by atoms with Gasteiger partial charge in [-0.15, -0.1) is 0 Å². The third kappa shape index (κ3) is 0.951. The quantitative estimate of drug-likeness (QED) is 0.581. The second kappa shape index (κ2) is 2.70. The Bertz CT molecular complexity index is 263. The first-order valence-electron chi connectivity index (χ1n) is 4.39. The van der Waals surface area contributed by atoms with Crippen molar-refractivity contribution in [3.8, 4) is 0 Å². The van der Waals surface area contributed by atoms with Gasteiger partial charge >= 0.3 is 0 Å². The predicted octanol–water partition coefficient (Wildman–Crippen LogP) is 1.89. The molecule has 1 unspecified atom stereocenters. The first-order chi connectivity index (χ1) is 5.83. The molecule has 0 aliphatic carbocycles. The molecule has 0 fully saturated rings. The second-order valence-electron chi connectivity index (χ2n) is 3.17. The molecule has 0 radical (unpaired) electrons. The summed E-state index contributed by atoms with van der Waals surface area (Å²) in [6.07, 6.45) is 12.2. The molecule has 0 N–H and O–H groups in total. The molecule has 64 valence electrons. The number of nitrogens with zero attached hydrogens (tertiary/aromatic N) is 2. The van der Waals surface area contributed by atoms with Crippen molar-refractivity contribution in [1.82, 2.24) is 9.80 Å². The van der Waals surface area contributed by atoms with Crippen molar-refractivity contribution >= 4 is 0 Å². The first kappa shape index (κ1) is 7.47. The third-order valence-electron chi connectivity index (χ3n) is 2.47. The van der Waals surface area contributed by atoms with Crippen molar-refractivity contribution < 1.29 is 0 Å². The minimum atomic E-state index is 0.421. The van der Waals surface area contributed by atoms with Crippen molar-refractivity contribution in [2.75, 3.05) is 7.05 Å². The zero-order chi connectivity index (χ0) is 8.55. The van der Waals surface area contributed by atoms with Gasteiger partial charge in [0.05, 0.1) is 0 Å². The summed E-state index contributed by atoms with van der Waals surface area (Å²) in [7, 11) is 2.14. The molecule has 0 bridgehead atoms. The standard InChI is InChI=1S/C10H14N2/c1-3-9-8-12-7-5-4-6-10(12)11(9)2/h4-8,10H,3H2,1-2H3. The summed E-state index contributed by atoms with van der Waals surface area (Å²) >= 11 is 0. The number of hydrogen-bond donors (Lipinski definition) is 0. The molecule has 12 heavy (non-hydrogen) atoms. The molecular formula is C10H14N2. The van der Waals surface area contributed by atoms with E-state index in [0.29, 0.717) is 6.17 Å². The lowest BCUT2D eigenvalue weighted by Crippen LogP contribution is -2.33. The third-order valence-corrected chi connectivity index (χ3v) is 2.47. The number of likely N-dealkylation sites (N-methyl/N-ethyl adjacent to an activating group) is 1. The minimum Gasteiger partial charge on any atom is -0.353 e. The highest BCUT2D eigenvalue weighted by Gasteiger charge is 2.25. The van der Waals surface area contributed by atoms with Gasteiger partial charge in [0.25, 0.3) is 0 Å². The van der Waals surface area contributed by atoms with Gasteiger partial charge in [-0.25, -0.2) is 0 Å². The first-order valence-corrected chi connectivity index (χ1v) is 4.39. The van der Waals surface area contributed by atoms with E-state index in [-0.39, 0.29) is 0 Å². The van der Waals surface area contributed by atoms with Crippen molar-refractivity contribution in [2.45, 2.75) is 19.5 Å². The van der Waals surface area contributed by atoms with Crippen LogP contribution in [0.15, 0.2) is 36.3 Å². The van der Waals surface area contributed by atoms with Crippen molar-refractivity contribution in [3.05, 3.63) is 36.3 Å². The van der Waals surface area contributed by atoms with Crippen molar-refractivity contribution in [1.29, 1.82) is 0 Å². The van der Waals surface area contributed by atoms with E-state index in [9.17, 15) is 0 Å². The number of allylic oxidation sites excluding steroid dienone is 3. The Morgan fingerprint density at radius 1 is 1.42 bits per heavy atom. The van der Waals surface area contributed by atoms with Crippen LogP contribution in [0.25, 0.3) is 0 Å². The molecule has 0 saturated carbocycles. The fraction of sp³-hybridized carbons (Fsp3) is 0.400. The fourth-order valence-corrected chi connectivity index (χ4v) is 1.72. The van der Waals surface area contributed by atoms with Gasteiger partial charge in [0.2, 0.25) is 0 Å². The lowest BCUT2D eigenvalue weighted by Gasteiger charge is -2.28. The summed E-state index contributed by atoms with van der Waals surface area (Å²) in [5, 5.41) is 0. The van der Waals surface area contributed by atoms with Crippen LogP contribution in [0, 0.1) is 0 Å². The van der Waals surface area contributed by atoms with Crippen LogP contribution in [-0.2, 0) is 0 Å². The molecule has 2 aliphatic rings. The minimum absolute atomic E-state index is 0.421. The maximum atomic E-state index is 2.31. The maximum Gasteiger partial charge on any atom is 0.124 e. The SMILES string of the molecule is CCC1=CN2C=CC=CC2N1C. The van der Waals surface area contributed by atoms with Crippen LogP contribution in [0.4, 0.5) is 0 Å². The Balaban J connectivity index is 2.25. The van der Waals surface area contributed by atoms with Gasteiger partial charge in [0.1, 0.15) is 6.17 Å². The van der Waals surface area contributed by atoms with E-state index in [1.165, 1.54) is 5.70 Å². The molecule has 2 heterocycles. The van der Waals surface area contributed by atoms with Gasteiger partial charge < -0.3 is 9.80 Å². The van der Waals surface area contributed by atoms with Gasteiger partial charge in [0.15, 0.2) is 0 Å². The average Bonchev–Trinajstić information content (AvgIpc) is 2.44. The molecule has 0 saturated heterocycles. The molecule has 2 nitrogen and oxygen atoms in total. The summed E-state index contributed by atoms with van der Waals surface area (Å²) in [6.45, 7) is 2.19. The summed E-state index contributed by atoms with van der Waals surface area (Å²) in [6, 6.07) is 0. The topological polar surface area (TPSA) is 6.48 Å². The zero-order valence-electron chi connectivity index (χ0n) is 7.57. The highest BCUT2D eigenvalue weighted by atomic mass is 15.4. The van der Waals surface area contributed by atoms with E-state index in [0.717, 1.165) is 6.42 Å². The predicted molar refractivity (Wildman–Crippen MR) is 50.0 cm³/mol. The normalized spacial score (nSPS) is 26.2. The van der Waals surface area contributed by atoms with Gasteiger partial charge in [-0.2, -0.15) is 0 Å². The van der Waals surface area contributed by atoms with Crippen LogP contribution in [0.3, 0.4) is 0 Å². The van der Waals surface area contributed by atoms with Crippen molar-refractivity contribution in [3.63, 3.8) is 0 Å². The molecule has 2 aliphatic heterocycles. The van der Waals surface area contributed by atoms with Gasteiger partial charge in [-0.3, -0.25) is 0 Å². The smallest absolute Gasteiger partial charge is 0.124 e. The van der Waals surface area contributed by atoms with E-state index in [1.807, 2.05) is 0 Å². The number of rotatable bonds is 1. The molecular weight excluding hydrogens is 148 g/mol. The largest absolute Gasteiger partial charge is 0.353 e. The van der Waals surface area contributed by atoms with E-state index in [1.54, 1.807) is 0 Å². The molecule has 2 heteroatoms. The van der Waals surface area contributed by atoms with Crippen LogP contribution < -0.4 is 0 Å². The monoisotopic (exact) mass is 162 g/mol. The Morgan fingerprint density at radius 3 is 2.92 bits per heavy atom. The highest BCUT2D eigenvalue weighted by molar-refractivity contribution is 5.22. The number of hydrogen-bond acceptors (Lipinski definition) is 2. The Kier molecular flexibility index (Phi) is 1.68. The van der Waals surface area contributed by atoms with Gasteiger partial charge in [0, 0.05) is 25.1 Å². The van der Waals surface area contributed by atoms with Crippen LogP contribution in [0.2, 0.25) is 0 Å². The lowest BCUT2D eigenvalue weighted by atomic mass is 10.3. The van der Waals surface area contributed by atoms with Crippen LogP contribution in [-0.4, -0.2) is 23.0 Å². The highest BCUT2D eigenvalue weighted by Crippen LogP contribution is 2.25. The molecule has 0 aromatic rings. The summed E-state index contributed by atoms with van der Waals surface area (Å²) < 4.78 is 0. The van der Waals surface area contributed by atoms with Crippen LogP contribution in [0.5, 0.6) is 0 Å². The summed E-state index contributed by atoms with van der Waals surface area (Å²) in [4.78, 5) is 4.54. The molecule has 0 spiro atoms. The zero-order valence-corrected chi connectivity index (χ0v) is 7.57. The van der Waals surface area contributed by atoms with Crippen LogP contribution in [0.1, 0.15) is 13.3 Å². The maximum absolute atomic E-state index is 2.31. The van der Waals surface area contributed by atoms with E-state index >= 15 is 0 Å².